The van der Waals surface area contributed by atoms with E-state index in [1.54, 1.807) is 7.11 Å². The van der Waals surface area contributed by atoms with E-state index < -0.39 is 0 Å². The predicted molar refractivity (Wildman–Crippen MR) is 62.7 cm³/mol. The van der Waals surface area contributed by atoms with Crippen LogP contribution in [0.2, 0.25) is 0 Å². The van der Waals surface area contributed by atoms with Gasteiger partial charge in [-0.1, -0.05) is 0 Å². The molecule has 1 rings (SSSR count). The Bertz CT molecular complexity index is 279. The lowest BCUT2D eigenvalue weighted by molar-refractivity contribution is 0.200. The van der Waals surface area contributed by atoms with Gasteiger partial charge in [-0.15, -0.1) is 0 Å². The van der Waals surface area contributed by atoms with Crippen molar-refractivity contribution in [2.75, 3.05) is 45.3 Å². The number of hydrogen-bond acceptors (Lipinski definition) is 6. The van der Waals surface area contributed by atoms with Crippen molar-refractivity contribution in [3.8, 4) is 0 Å². The molecular formula is C9H18N4OS. The second kappa shape index (κ2) is 6.71. The molecule has 0 aromatic carbocycles. The summed E-state index contributed by atoms with van der Waals surface area (Å²) in [6.07, 6.45) is 0. The number of likely N-dealkylation sites (N-methyl/N-ethyl adjacent to an activating group) is 1. The maximum Gasteiger partial charge on any atom is 0.204 e. The summed E-state index contributed by atoms with van der Waals surface area (Å²) in [6, 6.07) is 0. The minimum atomic E-state index is 0.752. The highest BCUT2D eigenvalue weighted by Crippen LogP contribution is 2.13. The van der Waals surface area contributed by atoms with Gasteiger partial charge >= 0.3 is 0 Å². The predicted octanol–water partition coefficient (Wildman–Crippen LogP) is 0.519. The van der Waals surface area contributed by atoms with Gasteiger partial charge < -0.3 is 15.0 Å². The largest absolute Gasteiger partial charge is 0.383 e. The van der Waals surface area contributed by atoms with E-state index in [-0.39, 0.29) is 0 Å². The summed E-state index contributed by atoms with van der Waals surface area (Å²) in [5.74, 6) is 0.842. The molecule has 1 aromatic heterocycles. The van der Waals surface area contributed by atoms with Crippen molar-refractivity contribution < 1.29 is 4.74 Å². The average molecular weight is 230 g/mol. The molecule has 0 aliphatic rings. The molecular weight excluding hydrogens is 212 g/mol. The van der Waals surface area contributed by atoms with Crippen molar-refractivity contribution in [3.05, 3.63) is 5.82 Å². The van der Waals surface area contributed by atoms with E-state index >= 15 is 0 Å². The fraction of sp³-hybridized carbons (Fsp3) is 0.778. The fourth-order valence-electron chi connectivity index (χ4n) is 1.08. The molecule has 0 aliphatic carbocycles. The van der Waals surface area contributed by atoms with Gasteiger partial charge in [0, 0.05) is 45.3 Å². The number of anilines is 1. The van der Waals surface area contributed by atoms with Gasteiger partial charge in [-0.05, 0) is 6.92 Å². The SMILES string of the molecule is COCCNCCN(C)c1nc(C)ns1. The first-order valence-corrected chi connectivity index (χ1v) is 5.72. The van der Waals surface area contributed by atoms with Gasteiger partial charge in [0.05, 0.1) is 6.61 Å². The first kappa shape index (κ1) is 12.4. The van der Waals surface area contributed by atoms with E-state index in [4.69, 9.17) is 4.74 Å². The monoisotopic (exact) mass is 230 g/mol. The molecule has 0 saturated heterocycles. The Kier molecular flexibility index (Phi) is 5.52. The maximum atomic E-state index is 4.94. The third kappa shape index (κ3) is 4.55. The Morgan fingerprint density at radius 2 is 2.27 bits per heavy atom. The van der Waals surface area contributed by atoms with Gasteiger partial charge in [-0.25, -0.2) is 4.98 Å². The lowest BCUT2D eigenvalue weighted by Gasteiger charge is -2.15. The summed E-state index contributed by atoms with van der Waals surface area (Å²) in [5.41, 5.74) is 0. The van der Waals surface area contributed by atoms with E-state index in [1.165, 1.54) is 11.5 Å². The quantitative estimate of drug-likeness (QED) is 0.692. The second-order valence-electron chi connectivity index (χ2n) is 3.29. The second-order valence-corrected chi connectivity index (χ2v) is 4.02. The molecule has 0 radical (unpaired) electrons. The summed E-state index contributed by atoms with van der Waals surface area (Å²) in [5, 5.41) is 4.26. The van der Waals surface area contributed by atoms with Crippen LogP contribution in [0.3, 0.4) is 0 Å². The van der Waals surface area contributed by atoms with E-state index in [2.05, 4.69) is 19.6 Å². The molecule has 1 N–H and O–H groups in total. The molecule has 86 valence electrons. The van der Waals surface area contributed by atoms with Crippen LogP contribution in [0.5, 0.6) is 0 Å². The number of hydrogen-bond donors (Lipinski definition) is 1. The van der Waals surface area contributed by atoms with Gasteiger partial charge in [-0.3, -0.25) is 0 Å². The smallest absolute Gasteiger partial charge is 0.204 e. The third-order valence-electron chi connectivity index (χ3n) is 1.95. The zero-order valence-electron chi connectivity index (χ0n) is 9.49. The Morgan fingerprint density at radius 3 is 2.87 bits per heavy atom. The van der Waals surface area contributed by atoms with Crippen LogP contribution in [0.15, 0.2) is 0 Å². The van der Waals surface area contributed by atoms with E-state index in [9.17, 15) is 0 Å². The lowest BCUT2D eigenvalue weighted by Crippen LogP contribution is -2.30. The highest BCUT2D eigenvalue weighted by molar-refractivity contribution is 7.09. The molecule has 0 amide bonds. The molecule has 0 saturated carbocycles. The van der Waals surface area contributed by atoms with Gasteiger partial charge in [0.15, 0.2) is 0 Å². The molecule has 0 fully saturated rings. The standard InChI is InChI=1S/C9H18N4OS/c1-8-11-9(15-12-8)13(2)6-4-10-5-7-14-3/h10H,4-7H2,1-3H3. The topological polar surface area (TPSA) is 50.3 Å². The highest BCUT2D eigenvalue weighted by Gasteiger charge is 2.05. The van der Waals surface area contributed by atoms with Crippen molar-refractivity contribution in [1.82, 2.24) is 14.7 Å². The summed E-state index contributed by atoms with van der Waals surface area (Å²) >= 11 is 1.44. The van der Waals surface area contributed by atoms with E-state index in [1.807, 2.05) is 14.0 Å². The van der Waals surface area contributed by atoms with Crippen LogP contribution < -0.4 is 10.2 Å². The molecule has 0 aliphatic heterocycles. The Labute approximate surface area is 94.6 Å². The van der Waals surface area contributed by atoms with Crippen molar-refractivity contribution in [1.29, 1.82) is 0 Å². The molecule has 1 heterocycles. The Hall–Kier alpha value is -0.720. The molecule has 6 heteroatoms. The zero-order valence-corrected chi connectivity index (χ0v) is 10.3. The number of ether oxygens (including phenoxy) is 1. The molecule has 0 atom stereocenters. The summed E-state index contributed by atoms with van der Waals surface area (Å²) < 4.78 is 9.08. The minimum Gasteiger partial charge on any atom is -0.383 e. The number of aryl methyl sites for hydroxylation is 1. The maximum absolute atomic E-state index is 4.94. The Morgan fingerprint density at radius 1 is 1.47 bits per heavy atom. The molecule has 0 spiro atoms. The number of aromatic nitrogens is 2. The van der Waals surface area contributed by atoms with Crippen LogP contribution in [0.1, 0.15) is 5.82 Å². The molecule has 0 bridgehead atoms. The first-order valence-electron chi connectivity index (χ1n) is 4.95. The Balaban J connectivity index is 2.16. The summed E-state index contributed by atoms with van der Waals surface area (Å²) in [6.45, 7) is 5.41. The number of rotatable bonds is 7. The highest BCUT2D eigenvalue weighted by atomic mass is 32.1. The van der Waals surface area contributed by atoms with Crippen molar-refractivity contribution >= 4 is 16.7 Å². The normalized spacial score (nSPS) is 10.6. The first-order chi connectivity index (χ1) is 7.24. The van der Waals surface area contributed by atoms with Crippen LogP contribution >= 0.6 is 11.5 Å². The van der Waals surface area contributed by atoms with Crippen molar-refractivity contribution in [2.45, 2.75) is 6.92 Å². The molecule has 1 aromatic rings. The molecule has 0 unspecified atom stereocenters. The average Bonchev–Trinajstić information content (AvgIpc) is 2.64. The summed E-state index contributed by atoms with van der Waals surface area (Å²) in [4.78, 5) is 6.41. The fourth-order valence-corrected chi connectivity index (χ4v) is 1.74. The minimum absolute atomic E-state index is 0.752. The number of nitrogens with one attached hydrogen (secondary N) is 1. The summed E-state index contributed by atoms with van der Waals surface area (Å²) in [7, 11) is 3.73. The van der Waals surface area contributed by atoms with E-state index in [0.29, 0.717) is 0 Å². The lowest BCUT2D eigenvalue weighted by atomic mass is 10.5. The molecule has 5 nitrogen and oxygen atoms in total. The van der Waals surface area contributed by atoms with Gasteiger partial charge in [-0.2, -0.15) is 4.37 Å². The van der Waals surface area contributed by atoms with Crippen molar-refractivity contribution in [3.63, 3.8) is 0 Å². The van der Waals surface area contributed by atoms with Crippen LogP contribution in [-0.4, -0.2) is 49.8 Å². The van der Waals surface area contributed by atoms with E-state index in [0.717, 1.165) is 37.2 Å². The van der Waals surface area contributed by atoms with Crippen LogP contribution in [0, 0.1) is 6.92 Å². The zero-order chi connectivity index (χ0) is 11.1. The van der Waals surface area contributed by atoms with Gasteiger partial charge in [0.2, 0.25) is 5.13 Å². The van der Waals surface area contributed by atoms with Gasteiger partial charge in [0.1, 0.15) is 5.82 Å². The van der Waals surface area contributed by atoms with Crippen LogP contribution in [0.4, 0.5) is 5.13 Å². The van der Waals surface area contributed by atoms with Crippen molar-refractivity contribution in [2.24, 2.45) is 0 Å². The number of nitrogens with zero attached hydrogens (tertiary/aromatic N) is 3. The third-order valence-corrected chi connectivity index (χ3v) is 2.87. The van der Waals surface area contributed by atoms with Crippen LogP contribution in [0.25, 0.3) is 0 Å². The number of methoxy groups -OCH3 is 1. The molecule has 15 heavy (non-hydrogen) atoms. The van der Waals surface area contributed by atoms with Gasteiger partial charge in [0.25, 0.3) is 0 Å². The van der Waals surface area contributed by atoms with Crippen LogP contribution in [-0.2, 0) is 4.74 Å².